The quantitative estimate of drug-likeness (QED) is 0.460. The van der Waals surface area contributed by atoms with Gasteiger partial charge in [-0.15, -0.1) is 0 Å². The van der Waals surface area contributed by atoms with Crippen LogP contribution in [0.3, 0.4) is 0 Å². The normalized spacial score (nSPS) is 11.5. The molecule has 11 nitrogen and oxygen atoms in total. The molecule has 0 fully saturated rings. The van der Waals surface area contributed by atoms with E-state index in [0.29, 0.717) is 5.52 Å². The molecule has 12 heteroatoms. The second kappa shape index (κ2) is 5.34. The van der Waals surface area contributed by atoms with E-state index in [9.17, 15) is 28.4 Å². The lowest BCUT2D eigenvalue weighted by atomic mass is 10.3. The fraction of sp³-hybridized carbons (Fsp3) is 0. The summed E-state index contributed by atoms with van der Waals surface area (Å²) in [4.78, 5) is 26.5. The van der Waals surface area contributed by atoms with Crippen molar-refractivity contribution in [3.63, 3.8) is 0 Å². The summed E-state index contributed by atoms with van der Waals surface area (Å²) < 4.78 is 31.4. The summed E-state index contributed by atoms with van der Waals surface area (Å²) in [7, 11) is -4.17. The van der Waals surface area contributed by atoms with Crippen LogP contribution in [0.1, 0.15) is 0 Å². The fourth-order valence-corrected chi connectivity index (χ4v) is 2.94. The molecule has 3 N–H and O–H groups in total. The molecule has 0 atom stereocenters. The third-order valence-electron chi connectivity index (χ3n) is 3.00. The van der Waals surface area contributed by atoms with Crippen LogP contribution in [0, 0.1) is 10.1 Å². The van der Waals surface area contributed by atoms with E-state index in [1.165, 1.54) is 12.1 Å². The molecule has 2 heterocycles. The van der Waals surface area contributed by atoms with E-state index in [1.807, 2.05) is 4.72 Å². The van der Waals surface area contributed by atoms with E-state index >= 15 is 0 Å². The van der Waals surface area contributed by atoms with Crippen molar-refractivity contribution in [2.45, 2.75) is 4.90 Å². The zero-order valence-electron chi connectivity index (χ0n) is 11.6. The lowest BCUT2D eigenvalue weighted by molar-refractivity contribution is -0.385. The molecule has 2 aromatic heterocycles. The van der Waals surface area contributed by atoms with Crippen molar-refractivity contribution >= 4 is 32.6 Å². The summed E-state index contributed by atoms with van der Waals surface area (Å²) in [5.74, 6) is -1.92. The van der Waals surface area contributed by atoms with Crippen molar-refractivity contribution in [2.24, 2.45) is 0 Å². The maximum atomic E-state index is 12.3. The lowest BCUT2D eigenvalue weighted by Gasteiger charge is -2.08. The highest BCUT2D eigenvalue weighted by Gasteiger charge is 2.20. The minimum Gasteiger partial charge on any atom is -0.504 e. The SMILES string of the molecule is O=c1[nH]c2ccc(S(=O)(=O)Nc3ncc([N+](=O)[O-])cc3O)cc2o1. The van der Waals surface area contributed by atoms with Crippen molar-refractivity contribution < 1.29 is 22.9 Å². The molecule has 0 aliphatic carbocycles. The van der Waals surface area contributed by atoms with Gasteiger partial charge in [-0.05, 0) is 12.1 Å². The Labute approximate surface area is 132 Å². The number of pyridine rings is 1. The smallest absolute Gasteiger partial charge is 0.417 e. The van der Waals surface area contributed by atoms with Crippen molar-refractivity contribution in [1.29, 1.82) is 0 Å². The average Bonchev–Trinajstić information content (AvgIpc) is 2.88. The maximum Gasteiger partial charge on any atom is 0.417 e. The van der Waals surface area contributed by atoms with Crippen LogP contribution in [-0.4, -0.2) is 28.4 Å². The molecule has 0 radical (unpaired) electrons. The molecule has 0 unspecified atom stereocenters. The number of aromatic nitrogens is 2. The zero-order valence-corrected chi connectivity index (χ0v) is 12.4. The molecule has 124 valence electrons. The molecule has 0 saturated heterocycles. The number of aromatic amines is 1. The first kappa shape index (κ1) is 15.5. The van der Waals surface area contributed by atoms with Crippen LogP contribution in [0.2, 0.25) is 0 Å². The van der Waals surface area contributed by atoms with E-state index in [1.54, 1.807) is 0 Å². The highest BCUT2D eigenvalue weighted by Crippen LogP contribution is 2.27. The number of benzene rings is 1. The van der Waals surface area contributed by atoms with Gasteiger partial charge in [0.05, 0.1) is 21.4 Å². The Morgan fingerprint density at radius 1 is 1.33 bits per heavy atom. The van der Waals surface area contributed by atoms with Gasteiger partial charge in [0.25, 0.3) is 15.7 Å². The van der Waals surface area contributed by atoms with Gasteiger partial charge in [0.2, 0.25) is 0 Å². The van der Waals surface area contributed by atoms with Crippen LogP contribution < -0.4 is 10.5 Å². The molecule has 0 bridgehead atoms. The van der Waals surface area contributed by atoms with E-state index in [-0.39, 0.29) is 10.5 Å². The van der Waals surface area contributed by atoms with E-state index in [0.717, 1.165) is 18.3 Å². The van der Waals surface area contributed by atoms with Gasteiger partial charge in [0.1, 0.15) is 6.20 Å². The second-order valence-corrected chi connectivity index (χ2v) is 6.28. The van der Waals surface area contributed by atoms with Gasteiger partial charge in [-0.25, -0.2) is 18.2 Å². The molecule has 0 spiro atoms. The van der Waals surface area contributed by atoms with Crippen molar-refractivity contribution in [1.82, 2.24) is 9.97 Å². The number of H-pyrrole nitrogens is 1. The van der Waals surface area contributed by atoms with Gasteiger partial charge in [0.15, 0.2) is 17.2 Å². The third-order valence-corrected chi connectivity index (χ3v) is 4.33. The van der Waals surface area contributed by atoms with Crippen LogP contribution in [0.25, 0.3) is 11.1 Å². The first-order chi connectivity index (χ1) is 11.3. The molecule has 3 aromatic rings. The number of sulfonamides is 1. The number of hydrogen-bond acceptors (Lipinski definition) is 8. The first-order valence-corrected chi connectivity index (χ1v) is 7.74. The molecule has 3 rings (SSSR count). The monoisotopic (exact) mass is 352 g/mol. The minimum absolute atomic E-state index is 0.0313. The van der Waals surface area contributed by atoms with Crippen LogP contribution in [0.15, 0.2) is 44.6 Å². The molecular formula is C12H8N4O7S. The Hall–Kier alpha value is -3.41. The fourth-order valence-electron chi connectivity index (χ4n) is 1.90. The Morgan fingerprint density at radius 2 is 2.08 bits per heavy atom. The topological polar surface area (TPSA) is 168 Å². The van der Waals surface area contributed by atoms with E-state index < -0.39 is 38.0 Å². The van der Waals surface area contributed by atoms with Gasteiger partial charge < -0.3 is 9.52 Å². The largest absolute Gasteiger partial charge is 0.504 e. The molecule has 0 aliphatic rings. The van der Waals surface area contributed by atoms with E-state index in [4.69, 9.17) is 4.42 Å². The van der Waals surface area contributed by atoms with Gasteiger partial charge in [-0.3, -0.25) is 19.8 Å². The lowest BCUT2D eigenvalue weighted by Crippen LogP contribution is -2.14. The Bertz CT molecular complexity index is 1120. The number of hydrogen-bond donors (Lipinski definition) is 3. The zero-order chi connectivity index (χ0) is 17.5. The third kappa shape index (κ3) is 2.77. The number of nitro groups is 1. The molecule has 24 heavy (non-hydrogen) atoms. The van der Waals surface area contributed by atoms with Gasteiger partial charge in [0, 0.05) is 6.07 Å². The van der Waals surface area contributed by atoms with Crippen LogP contribution >= 0.6 is 0 Å². The van der Waals surface area contributed by atoms with Crippen LogP contribution in [-0.2, 0) is 10.0 Å². The van der Waals surface area contributed by atoms with Crippen molar-refractivity contribution in [3.8, 4) is 5.75 Å². The van der Waals surface area contributed by atoms with Crippen LogP contribution in [0.5, 0.6) is 5.75 Å². The predicted molar refractivity (Wildman–Crippen MR) is 80.2 cm³/mol. The minimum atomic E-state index is -4.17. The van der Waals surface area contributed by atoms with Gasteiger partial charge in [-0.2, -0.15) is 0 Å². The molecular weight excluding hydrogens is 344 g/mol. The molecule has 1 aromatic carbocycles. The summed E-state index contributed by atoms with van der Waals surface area (Å²) in [5.41, 5.74) is -0.148. The first-order valence-electron chi connectivity index (χ1n) is 6.25. The Morgan fingerprint density at radius 3 is 2.75 bits per heavy atom. The summed E-state index contributed by atoms with van der Waals surface area (Å²) in [5, 5.41) is 20.2. The predicted octanol–water partition coefficient (Wildman–Crippen LogP) is 0.931. The Kier molecular flexibility index (Phi) is 3.45. The highest BCUT2D eigenvalue weighted by molar-refractivity contribution is 7.92. The van der Waals surface area contributed by atoms with Crippen LogP contribution in [0.4, 0.5) is 11.5 Å². The van der Waals surface area contributed by atoms with E-state index in [2.05, 4.69) is 9.97 Å². The number of aromatic hydroxyl groups is 1. The number of fused-ring (bicyclic) bond motifs is 1. The summed E-state index contributed by atoms with van der Waals surface area (Å²) >= 11 is 0. The summed E-state index contributed by atoms with van der Waals surface area (Å²) in [6.45, 7) is 0. The number of anilines is 1. The molecule has 0 aliphatic heterocycles. The number of oxazole rings is 1. The maximum absolute atomic E-state index is 12.3. The summed E-state index contributed by atoms with van der Waals surface area (Å²) in [6.07, 6.45) is 0.798. The van der Waals surface area contributed by atoms with Gasteiger partial charge >= 0.3 is 5.76 Å². The molecule has 0 amide bonds. The second-order valence-electron chi connectivity index (χ2n) is 4.60. The number of nitrogens with one attached hydrogen (secondary N) is 2. The molecule has 0 saturated carbocycles. The van der Waals surface area contributed by atoms with Gasteiger partial charge in [-0.1, -0.05) is 0 Å². The van der Waals surface area contributed by atoms with Crippen molar-refractivity contribution in [3.05, 3.63) is 51.1 Å². The Balaban J connectivity index is 1.98. The standard InChI is InChI=1S/C12H8N4O7S/c17-9-3-6(16(19)20)5-13-11(9)15-24(21,22)7-1-2-8-10(4-7)23-12(18)14-8/h1-5,17H,(H,13,15)(H,14,18). The van der Waals surface area contributed by atoms with Crippen molar-refractivity contribution in [2.75, 3.05) is 4.72 Å². The number of rotatable bonds is 4. The number of nitrogens with zero attached hydrogens (tertiary/aromatic N) is 2. The summed E-state index contributed by atoms with van der Waals surface area (Å²) in [6, 6.07) is 4.41. The highest BCUT2D eigenvalue weighted by atomic mass is 32.2. The average molecular weight is 352 g/mol.